The maximum Gasteiger partial charge on any atom is 0.137 e. The third-order valence-corrected chi connectivity index (χ3v) is 6.30. The Balaban J connectivity index is 1.79. The number of benzene rings is 1. The van der Waals surface area contributed by atoms with Crippen LogP contribution >= 0.6 is 0 Å². The van der Waals surface area contributed by atoms with Crippen molar-refractivity contribution in [2.75, 3.05) is 13.7 Å². The zero-order valence-corrected chi connectivity index (χ0v) is 18.0. The lowest BCUT2D eigenvalue weighted by Crippen LogP contribution is -2.22. The second kappa shape index (κ2) is 7.59. The van der Waals surface area contributed by atoms with Crippen molar-refractivity contribution < 1.29 is 9.50 Å². The molecule has 6 nitrogen and oxygen atoms in total. The van der Waals surface area contributed by atoms with Crippen LogP contribution in [0.4, 0.5) is 4.39 Å². The number of hydrogen-bond donors (Lipinski definition) is 2. The topological polar surface area (TPSA) is 70.0 Å². The number of aryl methyl sites for hydroxylation is 1. The lowest BCUT2D eigenvalue weighted by molar-refractivity contribution is 0.257. The van der Waals surface area contributed by atoms with Crippen LogP contribution in [0.25, 0.3) is 22.2 Å². The van der Waals surface area contributed by atoms with Gasteiger partial charge in [-0.1, -0.05) is 13.0 Å². The van der Waals surface area contributed by atoms with Crippen LogP contribution in [0.15, 0.2) is 36.7 Å². The van der Waals surface area contributed by atoms with Crippen molar-refractivity contribution in [2.24, 2.45) is 0 Å². The summed E-state index contributed by atoms with van der Waals surface area (Å²) in [6, 6.07) is 7.23. The maximum atomic E-state index is 14.2. The number of nitrogens with one attached hydrogen (secondary N) is 1. The fourth-order valence-electron chi connectivity index (χ4n) is 4.85. The monoisotopic (exact) mass is 419 g/mol. The molecule has 2 N–H and O–H groups in total. The highest BCUT2D eigenvalue weighted by molar-refractivity contribution is 5.86. The minimum Gasteiger partial charge on any atom is -0.394 e. The van der Waals surface area contributed by atoms with Gasteiger partial charge in [0.25, 0.3) is 0 Å². The summed E-state index contributed by atoms with van der Waals surface area (Å²) in [6.07, 6.45) is 3.86. The molecule has 160 valence electrons. The maximum absolute atomic E-state index is 14.2. The Morgan fingerprint density at radius 1 is 1.23 bits per heavy atom. The smallest absolute Gasteiger partial charge is 0.137 e. The Morgan fingerprint density at radius 2 is 2.06 bits per heavy atom. The number of aromatic amines is 1. The minimum absolute atomic E-state index is 0.0157. The molecule has 2 bridgehead atoms. The standard InChI is InChI=1S/C24H26FN5O/c1-14-19-9-18(25)5-4-16(19)12-29(3)13-22-23(15(2)28-30(22)6-7-31)17-8-20-21(14)11-27-24(20)26-10-17/h4-5,8-11,14,31H,6-7,12-13H2,1-3H3,(H,26,27). The fourth-order valence-corrected chi connectivity index (χ4v) is 4.85. The van der Waals surface area contributed by atoms with Gasteiger partial charge in [0, 0.05) is 47.9 Å². The zero-order chi connectivity index (χ0) is 21.7. The molecule has 0 saturated carbocycles. The molecule has 1 aliphatic heterocycles. The number of fused-ring (bicyclic) bond motifs is 4. The number of pyridine rings is 1. The Morgan fingerprint density at radius 3 is 2.87 bits per heavy atom. The van der Waals surface area contributed by atoms with Crippen molar-refractivity contribution >= 4 is 11.0 Å². The molecule has 1 atom stereocenters. The highest BCUT2D eigenvalue weighted by atomic mass is 19.1. The molecule has 1 aliphatic rings. The van der Waals surface area contributed by atoms with E-state index in [2.05, 4.69) is 34.9 Å². The Labute approximate surface area is 180 Å². The Hall–Kier alpha value is -3.03. The first-order valence-corrected chi connectivity index (χ1v) is 10.6. The molecule has 7 heteroatoms. The summed E-state index contributed by atoms with van der Waals surface area (Å²) in [5.41, 5.74) is 8.04. The molecule has 0 fully saturated rings. The van der Waals surface area contributed by atoms with Crippen molar-refractivity contribution in [2.45, 2.75) is 39.4 Å². The van der Waals surface area contributed by atoms with E-state index in [-0.39, 0.29) is 18.3 Å². The van der Waals surface area contributed by atoms with Gasteiger partial charge in [0.2, 0.25) is 0 Å². The van der Waals surface area contributed by atoms with E-state index in [0.717, 1.165) is 50.2 Å². The van der Waals surface area contributed by atoms with Crippen molar-refractivity contribution in [1.29, 1.82) is 0 Å². The molecule has 4 aromatic rings. The van der Waals surface area contributed by atoms with Crippen molar-refractivity contribution in [3.63, 3.8) is 0 Å². The van der Waals surface area contributed by atoms with Crippen LogP contribution in [0.2, 0.25) is 0 Å². The normalized spacial score (nSPS) is 16.7. The van der Waals surface area contributed by atoms with E-state index in [1.54, 1.807) is 6.07 Å². The first-order valence-electron chi connectivity index (χ1n) is 10.6. The number of aromatic nitrogens is 4. The van der Waals surface area contributed by atoms with Crippen molar-refractivity contribution in [1.82, 2.24) is 24.6 Å². The van der Waals surface area contributed by atoms with Gasteiger partial charge >= 0.3 is 0 Å². The molecular formula is C24H26FN5O. The van der Waals surface area contributed by atoms with Gasteiger partial charge < -0.3 is 10.1 Å². The first kappa shape index (κ1) is 19.9. The van der Waals surface area contributed by atoms with Gasteiger partial charge in [0.1, 0.15) is 11.5 Å². The van der Waals surface area contributed by atoms with Gasteiger partial charge in [-0.25, -0.2) is 9.37 Å². The number of aliphatic hydroxyl groups excluding tert-OH is 1. The van der Waals surface area contributed by atoms with E-state index < -0.39 is 0 Å². The highest BCUT2D eigenvalue weighted by Crippen LogP contribution is 2.37. The van der Waals surface area contributed by atoms with Gasteiger partial charge in [0.15, 0.2) is 0 Å². The molecule has 1 unspecified atom stereocenters. The largest absolute Gasteiger partial charge is 0.394 e. The van der Waals surface area contributed by atoms with Gasteiger partial charge in [-0.15, -0.1) is 0 Å². The van der Waals surface area contributed by atoms with E-state index in [9.17, 15) is 9.50 Å². The van der Waals surface area contributed by atoms with Crippen LogP contribution in [0.5, 0.6) is 0 Å². The summed E-state index contributed by atoms with van der Waals surface area (Å²) in [7, 11) is 2.06. The van der Waals surface area contributed by atoms with E-state index >= 15 is 0 Å². The summed E-state index contributed by atoms with van der Waals surface area (Å²) in [4.78, 5) is 10.2. The average molecular weight is 420 g/mol. The first-order chi connectivity index (χ1) is 15.0. The summed E-state index contributed by atoms with van der Waals surface area (Å²) in [6.45, 7) is 5.92. The predicted molar refractivity (Wildman–Crippen MR) is 118 cm³/mol. The molecule has 0 amide bonds. The van der Waals surface area contributed by atoms with Gasteiger partial charge in [-0.2, -0.15) is 5.10 Å². The SMILES string of the molecule is Cc1nn(CCO)c2c1-c1cnc3[nH]cc(c3c1)C(C)c1cc(F)ccc1CN(C)C2. The summed E-state index contributed by atoms with van der Waals surface area (Å²) in [5, 5.41) is 15.3. The second-order valence-corrected chi connectivity index (χ2v) is 8.46. The zero-order valence-electron chi connectivity index (χ0n) is 18.0. The summed E-state index contributed by atoms with van der Waals surface area (Å²) in [5.74, 6) is -0.208. The summed E-state index contributed by atoms with van der Waals surface area (Å²) >= 11 is 0. The third-order valence-electron chi connectivity index (χ3n) is 6.30. The highest BCUT2D eigenvalue weighted by Gasteiger charge is 2.24. The molecule has 5 rings (SSSR count). The van der Waals surface area contributed by atoms with E-state index in [1.807, 2.05) is 30.1 Å². The predicted octanol–water partition coefficient (Wildman–Crippen LogP) is 3.96. The van der Waals surface area contributed by atoms with Crippen LogP contribution in [-0.2, 0) is 19.6 Å². The number of hydrogen-bond acceptors (Lipinski definition) is 4. The van der Waals surface area contributed by atoms with Gasteiger partial charge in [0.05, 0.1) is 24.5 Å². The van der Waals surface area contributed by atoms with Crippen LogP contribution < -0.4 is 0 Å². The molecule has 3 aromatic heterocycles. The van der Waals surface area contributed by atoms with Gasteiger partial charge in [-0.3, -0.25) is 9.58 Å². The quantitative estimate of drug-likeness (QED) is 0.516. The molecule has 4 heterocycles. The average Bonchev–Trinajstić information content (AvgIpc) is 3.29. The van der Waals surface area contributed by atoms with E-state index in [1.165, 1.54) is 6.07 Å². The Kier molecular flexibility index (Phi) is 4.87. The number of H-pyrrole nitrogens is 1. The van der Waals surface area contributed by atoms with Crippen LogP contribution in [0.3, 0.4) is 0 Å². The molecule has 0 radical (unpaired) electrons. The van der Waals surface area contributed by atoms with E-state index in [4.69, 9.17) is 5.10 Å². The number of nitrogens with zero attached hydrogens (tertiary/aromatic N) is 4. The number of aliphatic hydroxyl groups is 1. The lowest BCUT2D eigenvalue weighted by atomic mass is 9.88. The molecule has 31 heavy (non-hydrogen) atoms. The van der Waals surface area contributed by atoms with Crippen LogP contribution in [0.1, 0.15) is 40.9 Å². The second-order valence-electron chi connectivity index (χ2n) is 8.46. The van der Waals surface area contributed by atoms with Crippen LogP contribution in [0, 0.1) is 12.7 Å². The van der Waals surface area contributed by atoms with Crippen molar-refractivity contribution in [3.8, 4) is 11.1 Å². The van der Waals surface area contributed by atoms with Gasteiger partial charge in [-0.05, 0) is 48.9 Å². The van der Waals surface area contributed by atoms with Crippen LogP contribution in [-0.4, -0.2) is 43.4 Å². The minimum atomic E-state index is -0.224. The van der Waals surface area contributed by atoms with E-state index in [0.29, 0.717) is 19.6 Å². The summed E-state index contributed by atoms with van der Waals surface area (Å²) < 4.78 is 16.1. The Bertz CT molecular complexity index is 1270. The molecule has 0 saturated heterocycles. The molecule has 0 aliphatic carbocycles. The molecule has 1 aromatic carbocycles. The number of halogens is 1. The molecular weight excluding hydrogens is 393 g/mol. The van der Waals surface area contributed by atoms with Crippen molar-refractivity contribution in [3.05, 3.63) is 70.6 Å². The third kappa shape index (κ3) is 3.34. The lowest BCUT2D eigenvalue weighted by Gasteiger charge is -2.23. The molecule has 0 spiro atoms. The number of rotatable bonds is 2. The fraction of sp³-hybridized carbons (Fsp3) is 0.333.